The first-order chi connectivity index (χ1) is 8.51. The summed E-state index contributed by atoms with van der Waals surface area (Å²) in [4.78, 5) is 13.9. The van der Waals surface area contributed by atoms with Crippen LogP contribution >= 0.6 is 0 Å². The van der Waals surface area contributed by atoms with Gasteiger partial charge in [0.15, 0.2) is 5.84 Å². The summed E-state index contributed by atoms with van der Waals surface area (Å²) in [6, 6.07) is 7.66. The van der Waals surface area contributed by atoms with Crippen molar-refractivity contribution in [2.45, 2.75) is 20.8 Å². The molecule has 1 aromatic rings. The molecule has 0 aliphatic rings. The largest absolute Gasteiger partial charge is 0.409 e. The zero-order valence-corrected chi connectivity index (χ0v) is 10.9. The van der Waals surface area contributed by atoms with E-state index < -0.39 is 5.92 Å². The zero-order valence-electron chi connectivity index (χ0n) is 10.9. The second-order valence-corrected chi connectivity index (χ2v) is 4.17. The van der Waals surface area contributed by atoms with Crippen molar-refractivity contribution in [1.82, 2.24) is 0 Å². The SMILES string of the molecule is CCN(C(=O)C(C)C(N)=NO)c1cccc(C)c1. The van der Waals surface area contributed by atoms with Crippen LogP contribution in [0.1, 0.15) is 19.4 Å². The predicted octanol–water partition coefficient (Wildman–Crippen LogP) is 1.73. The molecule has 0 fully saturated rings. The van der Waals surface area contributed by atoms with Crippen molar-refractivity contribution in [2.75, 3.05) is 11.4 Å². The third kappa shape index (κ3) is 3.00. The lowest BCUT2D eigenvalue weighted by atomic mass is 10.1. The number of hydrogen-bond donors (Lipinski definition) is 2. The maximum Gasteiger partial charge on any atom is 0.237 e. The Morgan fingerprint density at radius 3 is 2.72 bits per heavy atom. The summed E-state index contributed by atoms with van der Waals surface area (Å²) in [6.07, 6.45) is 0. The summed E-state index contributed by atoms with van der Waals surface area (Å²) in [7, 11) is 0. The predicted molar refractivity (Wildman–Crippen MR) is 71.8 cm³/mol. The van der Waals surface area contributed by atoms with E-state index in [2.05, 4.69) is 5.16 Å². The van der Waals surface area contributed by atoms with Crippen LogP contribution in [-0.4, -0.2) is 23.5 Å². The van der Waals surface area contributed by atoms with E-state index in [0.29, 0.717) is 6.54 Å². The summed E-state index contributed by atoms with van der Waals surface area (Å²) in [5.41, 5.74) is 7.37. The molecule has 5 nitrogen and oxygen atoms in total. The van der Waals surface area contributed by atoms with Crippen molar-refractivity contribution in [3.63, 3.8) is 0 Å². The average molecular weight is 249 g/mol. The van der Waals surface area contributed by atoms with Crippen LogP contribution in [0.15, 0.2) is 29.4 Å². The summed E-state index contributed by atoms with van der Waals surface area (Å²) >= 11 is 0. The Hall–Kier alpha value is -2.04. The molecule has 1 atom stereocenters. The fraction of sp³-hybridized carbons (Fsp3) is 0.385. The second kappa shape index (κ2) is 6.05. The van der Waals surface area contributed by atoms with E-state index in [0.717, 1.165) is 11.3 Å². The van der Waals surface area contributed by atoms with Crippen LogP contribution in [0.4, 0.5) is 5.69 Å². The first-order valence-electron chi connectivity index (χ1n) is 5.86. The van der Waals surface area contributed by atoms with Crippen LogP contribution < -0.4 is 10.6 Å². The Kier molecular flexibility index (Phi) is 4.71. The maximum atomic E-state index is 12.2. The van der Waals surface area contributed by atoms with Gasteiger partial charge in [0.2, 0.25) is 5.91 Å². The fourth-order valence-electron chi connectivity index (χ4n) is 1.71. The Balaban J connectivity index is 3.00. The monoisotopic (exact) mass is 249 g/mol. The van der Waals surface area contributed by atoms with Gasteiger partial charge in [-0.05, 0) is 38.5 Å². The number of oxime groups is 1. The van der Waals surface area contributed by atoms with Crippen molar-refractivity contribution < 1.29 is 10.0 Å². The normalized spacial score (nSPS) is 13.2. The first kappa shape index (κ1) is 14.0. The average Bonchev–Trinajstić information content (AvgIpc) is 2.37. The number of benzene rings is 1. The van der Waals surface area contributed by atoms with Gasteiger partial charge in [-0.3, -0.25) is 4.79 Å². The third-order valence-corrected chi connectivity index (χ3v) is 2.83. The van der Waals surface area contributed by atoms with Crippen molar-refractivity contribution >= 4 is 17.4 Å². The van der Waals surface area contributed by atoms with Gasteiger partial charge in [-0.1, -0.05) is 17.3 Å². The number of amidine groups is 1. The maximum absolute atomic E-state index is 12.2. The second-order valence-electron chi connectivity index (χ2n) is 4.17. The Labute approximate surface area is 107 Å². The standard InChI is InChI=1S/C13H19N3O2/c1-4-16(11-7-5-6-9(2)8-11)13(17)10(3)12(14)15-18/h5-8,10,18H,4H2,1-3H3,(H2,14,15). The molecular weight excluding hydrogens is 230 g/mol. The third-order valence-electron chi connectivity index (χ3n) is 2.83. The molecule has 0 bridgehead atoms. The van der Waals surface area contributed by atoms with Gasteiger partial charge in [-0.15, -0.1) is 0 Å². The molecule has 5 heteroatoms. The van der Waals surface area contributed by atoms with E-state index in [1.54, 1.807) is 11.8 Å². The molecular formula is C13H19N3O2. The smallest absolute Gasteiger partial charge is 0.237 e. The molecule has 1 amide bonds. The van der Waals surface area contributed by atoms with Gasteiger partial charge in [0.05, 0.1) is 5.92 Å². The number of carbonyl (C=O) groups excluding carboxylic acids is 1. The van der Waals surface area contributed by atoms with E-state index >= 15 is 0 Å². The Morgan fingerprint density at radius 1 is 1.56 bits per heavy atom. The topological polar surface area (TPSA) is 78.9 Å². The lowest BCUT2D eigenvalue weighted by Crippen LogP contribution is -2.40. The quantitative estimate of drug-likeness (QED) is 0.369. The minimum absolute atomic E-state index is 0.0777. The zero-order chi connectivity index (χ0) is 13.7. The molecule has 3 N–H and O–H groups in total. The molecule has 98 valence electrons. The molecule has 0 aliphatic carbocycles. The number of aryl methyl sites for hydroxylation is 1. The number of nitrogens with two attached hydrogens (primary N) is 1. The van der Waals surface area contributed by atoms with E-state index in [-0.39, 0.29) is 11.7 Å². The van der Waals surface area contributed by atoms with Crippen LogP contribution in [0.5, 0.6) is 0 Å². The molecule has 0 aliphatic heterocycles. The van der Waals surface area contributed by atoms with Gasteiger partial charge in [-0.25, -0.2) is 0 Å². The van der Waals surface area contributed by atoms with Gasteiger partial charge in [-0.2, -0.15) is 0 Å². The molecule has 0 saturated carbocycles. The van der Waals surface area contributed by atoms with Crippen LogP contribution in [0.2, 0.25) is 0 Å². The number of anilines is 1. The van der Waals surface area contributed by atoms with Crippen molar-refractivity contribution in [1.29, 1.82) is 0 Å². The summed E-state index contributed by atoms with van der Waals surface area (Å²) < 4.78 is 0. The molecule has 0 aromatic heterocycles. The van der Waals surface area contributed by atoms with Crippen LogP contribution in [0.3, 0.4) is 0 Å². The van der Waals surface area contributed by atoms with Crippen molar-refractivity contribution in [2.24, 2.45) is 16.8 Å². The van der Waals surface area contributed by atoms with Gasteiger partial charge in [0.1, 0.15) is 0 Å². The highest BCUT2D eigenvalue weighted by molar-refractivity contribution is 6.08. The van der Waals surface area contributed by atoms with Gasteiger partial charge >= 0.3 is 0 Å². The lowest BCUT2D eigenvalue weighted by molar-refractivity contribution is -0.120. The summed E-state index contributed by atoms with van der Waals surface area (Å²) in [5.74, 6) is -0.903. The summed E-state index contributed by atoms with van der Waals surface area (Å²) in [6.45, 7) is 6.01. The molecule has 0 heterocycles. The molecule has 18 heavy (non-hydrogen) atoms. The number of amides is 1. The Morgan fingerprint density at radius 2 is 2.22 bits per heavy atom. The molecule has 1 unspecified atom stereocenters. The molecule has 1 aromatic carbocycles. The van der Waals surface area contributed by atoms with E-state index in [1.165, 1.54) is 0 Å². The first-order valence-corrected chi connectivity index (χ1v) is 5.86. The van der Waals surface area contributed by atoms with Gasteiger partial charge < -0.3 is 15.8 Å². The number of rotatable bonds is 4. The van der Waals surface area contributed by atoms with Gasteiger partial charge in [0, 0.05) is 12.2 Å². The molecule has 1 rings (SSSR count). The minimum Gasteiger partial charge on any atom is -0.409 e. The van der Waals surface area contributed by atoms with Crippen molar-refractivity contribution in [3.8, 4) is 0 Å². The fourth-order valence-corrected chi connectivity index (χ4v) is 1.71. The van der Waals surface area contributed by atoms with E-state index in [4.69, 9.17) is 10.9 Å². The molecule has 0 spiro atoms. The highest BCUT2D eigenvalue weighted by Gasteiger charge is 2.23. The van der Waals surface area contributed by atoms with Crippen LogP contribution in [0, 0.1) is 12.8 Å². The van der Waals surface area contributed by atoms with Crippen LogP contribution in [-0.2, 0) is 4.79 Å². The highest BCUT2D eigenvalue weighted by atomic mass is 16.4. The molecule has 0 saturated heterocycles. The number of nitrogens with zero attached hydrogens (tertiary/aromatic N) is 2. The lowest BCUT2D eigenvalue weighted by Gasteiger charge is -2.24. The van der Waals surface area contributed by atoms with Gasteiger partial charge in [0.25, 0.3) is 0 Å². The number of hydrogen-bond acceptors (Lipinski definition) is 3. The Bertz CT molecular complexity index is 457. The summed E-state index contributed by atoms with van der Waals surface area (Å²) in [5, 5.41) is 11.5. The number of carbonyl (C=O) groups is 1. The van der Waals surface area contributed by atoms with Crippen molar-refractivity contribution in [3.05, 3.63) is 29.8 Å². The minimum atomic E-state index is -0.643. The van der Waals surface area contributed by atoms with Crippen LogP contribution in [0.25, 0.3) is 0 Å². The van der Waals surface area contributed by atoms with E-state index in [1.807, 2.05) is 38.1 Å². The van der Waals surface area contributed by atoms with E-state index in [9.17, 15) is 4.79 Å². The molecule has 0 radical (unpaired) electrons. The highest BCUT2D eigenvalue weighted by Crippen LogP contribution is 2.18.